The lowest BCUT2D eigenvalue weighted by atomic mass is 11.0. The molecule has 26 heavy (non-hydrogen) atoms. The van der Waals surface area contributed by atoms with E-state index in [4.69, 9.17) is 16.5 Å². The first kappa shape index (κ1) is 26.9. The van der Waals surface area contributed by atoms with Gasteiger partial charge in [0.1, 0.15) is 0 Å². The van der Waals surface area contributed by atoms with Gasteiger partial charge in [-0.15, -0.1) is 0 Å². The van der Waals surface area contributed by atoms with Crippen LogP contribution < -0.4 is 0 Å². The average Bonchev–Trinajstić information content (AvgIpc) is 2.53. The Labute approximate surface area is 169 Å². The molecule has 0 aliphatic heterocycles. The number of hydrogen-bond acceptors (Lipinski definition) is 4. The number of rotatable bonds is 13. The van der Waals surface area contributed by atoms with E-state index >= 15 is 0 Å². The van der Waals surface area contributed by atoms with E-state index in [1.165, 1.54) is 0 Å². The average molecular weight is 455 g/mol. The molecule has 0 bridgehead atoms. The Morgan fingerprint density at radius 1 is 0.385 bits per heavy atom. The molecule has 9 heteroatoms. The van der Waals surface area contributed by atoms with E-state index in [1.807, 2.05) is 0 Å². The smallest absolute Gasteiger partial charge is 0.317 e. The second-order valence-electron chi connectivity index (χ2n) is 9.10. The van der Waals surface area contributed by atoms with Crippen molar-refractivity contribution in [3.63, 3.8) is 0 Å². The first-order valence-corrected chi connectivity index (χ1v) is 24.2. The molecule has 0 saturated carbocycles. The molecular weight excluding hydrogens is 409 g/mol. The van der Waals surface area contributed by atoms with Crippen LogP contribution in [0.15, 0.2) is 0 Å². The highest BCUT2D eigenvalue weighted by molar-refractivity contribution is 6.91. The van der Waals surface area contributed by atoms with Crippen molar-refractivity contribution >= 4 is 42.3 Å². The maximum absolute atomic E-state index is 6.85. The zero-order valence-electron chi connectivity index (χ0n) is 19.7. The lowest BCUT2D eigenvalue weighted by Crippen LogP contribution is -2.60. The highest BCUT2D eigenvalue weighted by Crippen LogP contribution is 2.32. The summed E-state index contributed by atoms with van der Waals surface area (Å²) in [5.41, 5.74) is 0. The first-order chi connectivity index (χ1) is 11.6. The maximum atomic E-state index is 6.85. The minimum atomic E-state index is -2.34. The van der Waals surface area contributed by atoms with Gasteiger partial charge in [-0.3, -0.25) is 0 Å². The summed E-state index contributed by atoms with van der Waals surface area (Å²) in [6, 6.07) is 5.11. The van der Waals surface area contributed by atoms with E-state index in [2.05, 4.69) is 80.4 Å². The van der Waals surface area contributed by atoms with Crippen LogP contribution in [0.4, 0.5) is 0 Å². The van der Waals surface area contributed by atoms with Crippen LogP contribution >= 0.6 is 0 Å². The van der Waals surface area contributed by atoms with Crippen LogP contribution in [0.2, 0.25) is 76.0 Å². The van der Waals surface area contributed by atoms with E-state index in [1.54, 1.807) is 0 Å². The van der Waals surface area contributed by atoms with Gasteiger partial charge in [0, 0.05) is 0 Å². The molecule has 0 fully saturated rings. The van der Waals surface area contributed by atoms with Crippen LogP contribution in [0.3, 0.4) is 0 Å². The molecule has 158 valence electrons. The molecule has 2 unspecified atom stereocenters. The monoisotopic (exact) mass is 454 g/mol. The molecule has 0 amide bonds. The Morgan fingerprint density at radius 2 is 0.615 bits per heavy atom. The Morgan fingerprint density at radius 3 is 0.808 bits per heavy atom. The third kappa shape index (κ3) is 8.95. The Kier molecular flexibility index (Phi) is 10.5. The Hall–Kier alpha value is 0.924. The lowest BCUT2D eigenvalue weighted by Gasteiger charge is -2.45. The van der Waals surface area contributed by atoms with Crippen LogP contribution in [-0.2, 0) is 16.5 Å². The van der Waals surface area contributed by atoms with E-state index in [0.717, 1.165) is 30.2 Å². The van der Waals surface area contributed by atoms with Gasteiger partial charge < -0.3 is 16.5 Å². The molecule has 0 heterocycles. The van der Waals surface area contributed by atoms with Gasteiger partial charge in [0.2, 0.25) is 0 Å². The predicted octanol–water partition coefficient (Wildman–Crippen LogP) is 6.78. The molecule has 0 aliphatic rings. The van der Waals surface area contributed by atoms with Gasteiger partial charge in [-0.1, -0.05) is 34.6 Å². The van der Waals surface area contributed by atoms with Crippen molar-refractivity contribution in [3.05, 3.63) is 0 Å². The van der Waals surface area contributed by atoms with Gasteiger partial charge in [0.15, 0.2) is 16.6 Å². The zero-order valence-corrected chi connectivity index (χ0v) is 24.7. The third-order valence-electron chi connectivity index (χ3n) is 5.48. The van der Waals surface area contributed by atoms with Crippen molar-refractivity contribution in [2.24, 2.45) is 0 Å². The largest absolute Gasteiger partial charge is 0.436 e. The van der Waals surface area contributed by atoms with Crippen molar-refractivity contribution in [1.82, 2.24) is 0 Å². The summed E-state index contributed by atoms with van der Waals surface area (Å²) >= 11 is 0. The molecule has 0 rings (SSSR count). The standard InChI is InChI=1S/C17H46O4Si5/c1-13-22(6,7)18-24(10,15-3)20-26(12,17-5)21-25(11,16-4)19-23(8,9)14-2/h13-17H2,1-12H3. The van der Waals surface area contributed by atoms with E-state index in [0.29, 0.717) is 0 Å². The molecule has 0 spiro atoms. The van der Waals surface area contributed by atoms with Gasteiger partial charge in [0.05, 0.1) is 0 Å². The first-order valence-electron chi connectivity index (χ1n) is 10.4. The van der Waals surface area contributed by atoms with E-state index in [9.17, 15) is 0 Å². The highest BCUT2D eigenvalue weighted by atomic mass is 28.5. The molecule has 0 aromatic rings. The van der Waals surface area contributed by atoms with Gasteiger partial charge in [-0.2, -0.15) is 0 Å². The Bertz CT molecular complexity index is 401. The maximum Gasteiger partial charge on any atom is 0.317 e. The summed E-state index contributed by atoms with van der Waals surface area (Å²) in [4.78, 5) is 0. The highest BCUT2D eigenvalue weighted by Gasteiger charge is 2.49. The summed E-state index contributed by atoms with van der Waals surface area (Å²) in [5.74, 6) is 0. The second-order valence-corrected chi connectivity index (χ2v) is 29.7. The van der Waals surface area contributed by atoms with Gasteiger partial charge >= 0.3 is 25.7 Å². The van der Waals surface area contributed by atoms with E-state index < -0.39 is 42.3 Å². The fraction of sp³-hybridized carbons (Fsp3) is 1.00. The summed E-state index contributed by atoms with van der Waals surface area (Å²) in [6.07, 6.45) is 0. The van der Waals surface area contributed by atoms with Crippen molar-refractivity contribution in [2.45, 2.75) is 111 Å². The summed E-state index contributed by atoms with van der Waals surface area (Å²) in [7, 11) is -10.2. The third-order valence-corrected chi connectivity index (χ3v) is 27.5. The zero-order chi connectivity index (χ0) is 20.9. The summed E-state index contributed by atoms with van der Waals surface area (Å²) in [5, 5.41) is 0. The Balaban J connectivity index is 5.47. The second kappa shape index (κ2) is 10.1. The van der Waals surface area contributed by atoms with Gasteiger partial charge in [-0.25, -0.2) is 0 Å². The minimum absolute atomic E-state index is 0.938. The molecule has 0 aliphatic carbocycles. The molecule has 4 nitrogen and oxygen atoms in total. The lowest BCUT2D eigenvalue weighted by molar-refractivity contribution is 0.286. The van der Waals surface area contributed by atoms with Crippen molar-refractivity contribution in [1.29, 1.82) is 0 Å². The van der Waals surface area contributed by atoms with Crippen molar-refractivity contribution in [3.8, 4) is 0 Å². The molecule has 0 aromatic carbocycles. The van der Waals surface area contributed by atoms with Gasteiger partial charge in [-0.05, 0) is 76.0 Å². The summed E-state index contributed by atoms with van der Waals surface area (Å²) in [6.45, 7) is 27.0. The molecular formula is C17H46O4Si5. The van der Waals surface area contributed by atoms with Crippen molar-refractivity contribution in [2.75, 3.05) is 0 Å². The quantitative estimate of drug-likeness (QED) is 0.287. The fourth-order valence-electron chi connectivity index (χ4n) is 2.72. The molecule has 0 aromatic heterocycles. The van der Waals surface area contributed by atoms with E-state index in [-0.39, 0.29) is 0 Å². The predicted molar refractivity (Wildman–Crippen MR) is 127 cm³/mol. The van der Waals surface area contributed by atoms with Crippen LogP contribution in [0, 0.1) is 0 Å². The molecule has 0 N–H and O–H groups in total. The fourth-order valence-corrected chi connectivity index (χ4v) is 25.6. The number of hydrogen-bond donors (Lipinski definition) is 0. The van der Waals surface area contributed by atoms with Crippen LogP contribution in [0.25, 0.3) is 0 Å². The topological polar surface area (TPSA) is 36.9 Å². The molecule has 0 saturated heterocycles. The van der Waals surface area contributed by atoms with Crippen LogP contribution in [-0.4, -0.2) is 42.3 Å². The van der Waals surface area contributed by atoms with Crippen LogP contribution in [0.1, 0.15) is 34.6 Å². The van der Waals surface area contributed by atoms with Crippen molar-refractivity contribution < 1.29 is 16.5 Å². The normalized spacial score (nSPS) is 20.3. The summed E-state index contributed by atoms with van der Waals surface area (Å²) < 4.78 is 27.1. The molecule has 2 atom stereocenters. The van der Waals surface area contributed by atoms with Crippen LogP contribution in [0.5, 0.6) is 0 Å². The minimum Gasteiger partial charge on any atom is -0.436 e. The SMILES string of the molecule is CC[Si](C)(C)O[Si](C)(CC)O[Si](C)(CC)O[Si](C)(CC)O[Si](C)(C)CC. The molecule has 0 radical (unpaired) electrons. The van der Waals surface area contributed by atoms with Gasteiger partial charge in [0.25, 0.3) is 0 Å².